The SMILES string of the molecule is O=c1c2cn[nH]c2c2cncnc2n1-c1ccccc1. The smallest absolute Gasteiger partial charge is 0.267 e. The summed E-state index contributed by atoms with van der Waals surface area (Å²) in [6, 6.07) is 9.41. The molecular formula is C14H9N5O. The van der Waals surface area contributed by atoms with Gasteiger partial charge in [0.15, 0.2) is 5.65 Å². The van der Waals surface area contributed by atoms with E-state index in [-0.39, 0.29) is 5.56 Å². The van der Waals surface area contributed by atoms with E-state index < -0.39 is 0 Å². The number of aromatic nitrogens is 5. The second kappa shape index (κ2) is 3.99. The van der Waals surface area contributed by atoms with Crippen molar-refractivity contribution in [3.8, 4) is 5.69 Å². The Kier molecular flexibility index (Phi) is 2.17. The number of pyridine rings is 1. The van der Waals surface area contributed by atoms with E-state index in [0.29, 0.717) is 16.6 Å². The van der Waals surface area contributed by atoms with Crippen LogP contribution in [0.3, 0.4) is 0 Å². The zero-order chi connectivity index (χ0) is 13.5. The van der Waals surface area contributed by atoms with E-state index in [1.807, 2.05) is 30.3 Å². The minimum absolute atomic E-state index is 0.147. The molecule has 0 saturated carbocycles. The third kappa shape index (κ3) is 1.38. The summed E-state index contributed by atoms with van der Waals surface area (Å²) in [5.41, 5.74) is 1.85. The molecule has 4 rings (SSSR count). The van der Waals surface area contributed by atoms with Crippen LogP contribution >= 0.6 is 0 Å². The Morgan fingerprint density at radius 3 is 2.75 bits per heavy atom. The highest BCUT2D eigenvalue weighted by Crippen LogP contribution is 2.20. The molecule has 1 N–H and O–H groups in total. The number of hydrogen-bond donors (Lipinski definition) is 1. The number of hydrogen-bond acceptors (Lipinski definition) is 4. The topological polar surface area (TPSA) is 76.5 Å². The van der Waals surface area contributed by atoms with Gasteiger partial charge in [0.1, 0.15) is 6.33 Å². The average Bonchev–Trinajstić information content (AvgIpc) is 2.99. The van der Waals surface area contributed by atoms with Crippen LogP contribution in [0.25, 0.3) is 27.6 Å². The van der Waals surface area contributed by atoms with Gasteiger partial charge in [-0.15, -0.1) is 0 Å². The van der Waals surface area contributed by atoms with Crippen LogP contribution in [0, 0.1) is 0 Å². The molecule has 20 heavy (non-hydrogen) atoms. The second-order valence-electron chi connectivity index (χ2n) is 4.39. The second-order valence-corrected chi connectivity index (χ2v) is 4.39. The summed E-state index contributed by atoms with van der Waals surface area (Å²) in [6.45, 7) is 0. The van der Waals surface area contributed by atoms with Crippen LogP contribution in [0.1, 0.15) is 0 Å². The fourth-order valence-electron chi connectivity index (χ4n) is 2.36. The largest absolute Gasteiger partial charge is 0.277 e. The maximum absolute atomic E-state index is 12.6. The minimum Gasteiger partial charge on any atom is -0.277 e. The first-order valence-electron chi connectivity index (χ1n) is 6.09. The number of fused-ring (bicyclic) bond motifs is 3. The van der Waals surface area contributed by atoms with Gasteiger partial charge in [-0.1, -0.05) is 18.2 Å². The van der Waals surface area contributed by atoms with Gasteiger partial charge in [0.2, 0.25) is 0 Å². The molecule has 0 aliphatic heterocycles. The van der Waals surface area contributed by atoms with Crippen LogP contribution in [0.5, 0.6) is 0 Å². The van der Waals surface area contributed by atoms with Gasteiger partial charge in [-0.3, -0.25) is 14.5 Å². The molecule has 0 radical (unpaired) electrons. The molecule has 4 aromatic rings. The summed E-state index contributed by atoms with van der Waals surface area (Å²) in [4.78, 5) is 20.9. The first-order valence-corrected chi connectivity index (χ1v) is 6.09. The minimum atomic E-state index is -0.147. The Labute approximate surface area is 112 Å². The van der Waals surface area contributed by atoms with E-state index in [2.05, 4.69) is 20.2 Å². The summed E-state index contributed by atoms with van der Waals surface area (Å²) in [5, 5.41) is 8.08. The number of nitrogens with one attached hydrogen (secondary N) is 1. The number of para-hydroxylation sites is 1. The molecule has 0 saturated heterocycles. The quantitative estimate of drug-likeness (QED) is 0.566. The monoisotopic (exact) mass is 263 g/mol. The summed E-state index contributed by atoms with van der Waals surface area (Å²) in [7, 11) is 0. The van der Waals surface area contributed by atoms with Crippen LogP contribution in [-0.2, 0) is 0 Å². The molecule has 0 amide bonds. The molecule has 6 heteroatoms. The zero-order valence-corrected chi connectivity index (χ0v) is 10.3. The molecule has 96 valence electrons. The molecule has 0 atom stereocenters. The van der Waals surface area contributed by atoms with Gasteiger partial charge >= 0.3 is 0 Å². The summed E-state index contributed by atoms with van der Waals surface area (Å²) in [5.74, 6) is 0. The van der Waals surface area contributed by atoms with Crippen molar-refractivity contribution in [1.29, 1.82) is 0 Å². The van der Waals surface area contributed by atoms with E-state index in [0.717, 1.165) is 11.1 Å². The molecule has 3 aromatic heterocycles. The highest BCUT2D eigenvalue weighted by Gasteiger charge is 2.14. The van der Waals surface area contributed by atoms with Crippen molar-refractivity contribution in [2.75, 3.05) is 0 Å². The highest BCUT2D eigenvalue weighted by atomic mass is 16.1. The lowest BCUT2D eigenvalue weighted by Crippen LogP contribution is -2.19. The molecule has 3 heterocycles. The van der Waals surface area contributed by atoms with Gasteiger partial charge in [0.05, 0.1) is 28.2 Å². The van der Waals surface area contributed by atoms with Crippen molar-refractivity contribution in [3.05, 3.63) is 59.4 Å². The molecule has 0 aliphatic carbocycles. The van der Waals surface area contributed by atoms with Crippen molar-refractivity contribution in [3.63, 3.8) is 0 Å². The zero-order valence-electron chi connectivity index (χ0n) is 10.3. The van der Waals surface area contributed by atoms with Gasteiger partial charge in [-0.2, -0.15) is 5.10 Å². The maximum Gasteiger partial charge on any atom is 0.267 e. The Bertz CT molecular complexity index is 971. The van der Waals surface area contributed by atoms with Crippen LogP contribution < -0.4 is 5.56 Å². The van der Waals surface area contributed by atoms with E-state index in [1.54, 1.807) is 10.8 Å². The van der Waals surface area contributed by atoms with Gasteiger partial charge in [0, 0.05) is 6.20 Å². The number of aromatic amines is 1. The van der Waals surface area contributed by atoms with Crippen LogP contribution in [-0.4, -0.2) is 24.7 Å². The molecule has 0 spiro atoms. The summed E-state index contributed by atoms with van der Waals surface area (Å²) in [6.07, 6.45) is 4.65. The Hall–Kier alpha value is -3.02. The summed E-state index contributed by atoms with van der Waals surface area (Å²) < 4.78 is 1.58. The average molecular weight is 263 g/mol. The standard InChI is InChI=1S/C14H9N5O/c20-14-11-7-17-18-12(11)10-6-15-8-16-13(10)19(14)9-4-2-1-3-5-9/h1-8H,(H,17,18). The number of nitrogens with zero attached hydrogens (tertiary/aromatic N) is 4. The lowest BCUT2D eigenvalue weighted by molar-refractivity contribution is 1.02. The Balaban J connectivity index is 2.28. The predicted molar refractivity (Wildman–Crippen MR) is 74.8 cm³/mol. The maximum atomic E-state index is 12.6. The molecule has 6 nitrogen and oxygen atoms in total. The predicted octanol–water partition coefficient (Wildman–Crippen LogP) is 1.66. The highest BCUT2D eigenvalue weighted by molar-refractivity contribution is 6.01. The molecule has 0 bridgehead atoms. The van der Waals surface area contributed by atoms with Gasteiger partial charge < -0.3 is 0 Å². The number of rotatable bonds is 1. The third-order valence-corrected chi connectivity index (χ3v) is 3.26. The van der Waals surface area contributed by atoms with Crippen LogP contribution in [0.4, 0.5) is 0 Å². The van der Waals surface area contributed by atoms with Crippen LogP contribution in [0.2, 0.25) is 0 Å². The van der Waals surface area contributed by atoms with E-state index >= 15 is 0 Å². The van der Waals surface area contributed by atoms with Crippen molar-refractivity contribution >= 4 is 21.9 Å². The molecular weight excluding hydrogens is 254 g/mol. The molecule has 0 fully saturated rings. The number of H-pyrrole nitrogens is 1. The lowest BCUT2D eigenvalue weighted by atomic mass is 10.2. The Morgan fingerprint density at radius 1 is 1.05 bits per heavy atom. The van der Waals surface area contributed by atoms with E-state index in [1.165, 1.54) is 12.5 Å². The normalized spacial score (nSPS) is 11.2. The number of benzene rings is 1. The lowest BCUT2D eigenvalue weighted by Gasteiger charge is -2.09. The van der Waals surface area contributed by atoms with E-state index in [4.69, 9.17) is 0 Å². The fraction of sp³-hybridized carbons (Fsp3) is 0. The van der Waals surface area contributed by atoms with Crippen molar-refractivity contribution < 1.29 is 0 Å². The van der Waals surface area contributed by atoms with Gasteiger partial charge in [0.25, 0.3) is 5.56 Å². The Morgan fingerprint density at radius 2 is 1.90 bits per heavy atom. The molecule has 1 aromatic carbocycles. The van der Waals surface area contributed by atoms with Gasteiger partial charge in [-0.25, -0.2) is 9.97 Å². The molecule has 0 aliphatic rings. The van der Waals surface area contributed by atoms with E-state index in [9.17, 15) is 4.79 Å². The van der Waals surface area contributed by atoms with Crippen molar-refractivity contribution in [2.45, 2.75) is 0 Å². The van der Waals surface area contributed by atoms with Crippen molar-refractivity contribution in [1.82, 2.24) is 24.7 Å². The fourth-order valence-corrected chi connectivity index (χ4v) is 2.36. The first-order chi connectivity index (χ1) is 9.86. The van der Waals surface area contributed by atoms with Crippen LogP contribution in [0.15, 0.2) is 53.8 Å². The first kappa shape index (κ1) is 10.9. The van der Waals surface area contributed by atoms with Crippen molar-refractivity contribution in [2.24, 2.45) is 0 Å². The summed E-state index contributed by atoms with van der Waals surface area (Å²) >= 11 is 0. The molecule has 0 unspecified atom stereocenters. The third-order valence-electron chi connectivity index (χ3n) is 3.26. The van der Waals surface area contributed by atoms with Gasteiger partial charge in [-0.05, 0) is 12.1 Å².